The largest absolute Gasteiger partial charge is 0.487 e. The van der Waals surface area contributed by atoms with Gasteiger partial charge in [0, 0.05) is 17.6 Å². The lowest BCUT2D eigenvalue weighted by Gasteiger charge is -2.09. The Morgan fingerprint density at radius 2 is 2.00 bits per heavy atom. The minimum Gasteiger partial charge on any atom is -0.487 e. The first-order valence-electron chi connectivity index (χ1n) is 7.86. The zero-order valence-electron chi connectivity index (χ0n) is 13.7. The zero-order valence-corrected chi connectivity index (χ0v) is 15.3. The first-order valence-corrected chi connectivity index (χ1v) is 9.01. The van der Waals surface area contributed by atoms with Crippen LogP contribution in [0.3, 0.4) is 0 Å². The molecule has 26 heavy (non-hydrogen) atoms. The minimum absolute atomic E-state index is 0.0618. The first-order chi connectivity index (χ1) is 12.6. The Kier molecular flexibility index (Phi) is 4.44. The summed E-state index contributed by atoms with van der Waals surface area (Å²) in [5.41, 5.74) is 2.41. The van der Waals surface area contributed by atoms with E-state index in [1.807, 2.05) is 30.3 Å². The minimum atomic E-state index is -0.0618. The van der Waals surface area contributed by atoms with Crippen molar-refractivity contribution in [2.45, 2.75) is 13.5 Å². The van der Waals surface area contributed by atoms with Gasteiger partial charge in [-0.15, -0.1) is 5.10 Å². The number of ether oxygens (including phenoxy) is 1. The summed E-state index contributed by atoms with van der Waals surface area (Å²) in [6.07, 6.45) is 0. The number of fused-ring (bicyclic) bond motifs is 1. The summed E-state index contributed by atoms with van der Waals surface area (Å²) in [5.74, 6) is 1.13. The van der Waals surface area contributed by atoms with E-state index in [0.29, 0.717) is 38.1 Å². The Bertz CT molecular complexity index is 1140. The maximum Gasteiger partial charge on any atom is 0.200 e. The zero-order chi connectivity index (χ0) is 18.1. The van der Waals surface area contributed by atoms with Gasteiger partial charge in [-0.25, -0.2) is 0 Å². The van der Waals surface area contributed by atoms with Crippen molar-refractivity contribution in [1.82, 2.24) is 9.59 Å². The average molecular weight is 385 g/mol. The van der Waals surface area contributed by atoms with Crippen molar-refractivity contribution in [3.8, 4) is 16.9 Å². The molecule has 0 saturated heterocycles. The van der Waals surface area contributed by atoms with Crippen molar-refractivity contribution in [2.75, 3.05) is 0 Å². The highest BCUT2D eigenvalue weighted by molar-refractivity contribution is 7.10. The second kappa shape index (κ2) is 6.90. The van der Waals surface area contributed by atoms with E-state index in [2.05, 4.69) is 9.59 Å². The molecule has 2 aromatic carbocycles. The van der Waals surface area contributed by atoms with Crippen LogP contribution in [0.1, 0.15) is 11.5 Å². The summed E-state index contributed by atoms with van der Waals surface area (Å²) >= 11 is 7.08. The first kappa shape index (κ1) is 16.8. The molecule has 0 aliphatic heterocycles. The van der Waals surface area contributed by atoms with Crippen LogP contribution in [0.15, 0.2) is 57.7 Å². The third-order valence-electron chi connectivity index (χ3n) is 3.99. The summed E-state index contributed by atoms with van der Waals surface area (Å²) in [6, 6.07) is 14.6. The van der Waals surface area contributed by atoms with Crippen LogP contribution in [0.5, 0.6) is 5.75 Å². The fourth-order valence-corrected chi connectivity index (χ4v) is 3.35. The van der Waals surface area contributed by atoms with Gasteiger partial charge in [-0.3, -0.25) is 4.79 Å². The predicted octanol–water partition coefficient (Wildman–Crippen LogP) is 4.85. The van der Waals surface area contributed by atoms with Crippen molar-refractivity contribution < 1.29 is 9.15 Å². The summed E-state index contributed by atoms with van der Waals surface area (Å²) in [6.45, 7) is 1.99. The highest BCUT2D eigenvalue weighted by Gasteiger charge is 2.14. The number of hydrogen-bond acceptors (Lipinski definition) is 6. The molecule has 0 N–H and O–H groups in total. The van der Waals surface area contributed by atoms with Crippen LogP contribution in [-0.2, 0) is 6.61 Å². The smallest absolute Gasteiger partial charge is 0.200 e. The second-order valence-corrected chi connectivity index (χ2v) is 7.02. The van der Waals surface area contributed by atoms with Gasteiger partial charge in [0.25, 0.3) is 0 Å². The lowest BCUT2D eigenvalue weighted by atomic mass is 10.0. The quantitative estimate of drug-likeness (QED) is 0.503. The molecule has 0 spiro atoms. The maximum atomic E-state index is 12.9. The van der Waals surface area contributed by atoms with E-state index < -0.39 is 0 Å². The molecule has 4 aromatic rings. The van der Waals surface area contributed by atoms with Crippen molar-refractivity contribution in [3.05, 3.63) is 74.5 Å². The standard InChI is InChI=1S/C19H13ClN2O3S/c1-11-17(12-5-3-2-4-6-12)18(23)14-8-7-13(9-16(14)25-11)24-10-15-19(20)26-22-21-15/h2-9H,10H2,1H3. The van der Waals surface area contributed by atoms with Crippen LogP contribution in [0.4, 0.5) is 0 Å². The van der Waals surface area contributed by atoms with E-state index in [9.17, 15) is 4.79 Å². The van der Waals surface area contributed by atoms with Crippen molar-refractivity contribution in [2.24, 2.45) is 0 Å². The number of nitrogens with zero attached hydrogens (tertiary/aromatic N) is 2. The van der Waals surface area contributed by atoms with E-state index >= 15 is 0 Å². The highest BCUT2D eigenvalue weighted by atomic mass is 35.5. The molecular formula is C19H13ClN2O3S. The van der Waals surface area contributed by atoms with Crippen molar-refractivity contribution in [3.63, 3.8) is 0 Å². The topological polar surface area (TPSA) is 65.2 Å². The van der Waals surface area contributed by atoms with Gasteiger partial charge in [0.1, 0.15) is 33.7 Å². The van der Waals surface area contributed by atoms with Gasteiger partial charge in [-0.2, -0.15) is 0 Å². The molecule has 0 radical (unpaired) electrons. The van der Waals surface area contributed by atoms with E-state index in [0.717, 1.165) is 17.1 Å². The van der Waals surface area contributed by atoms with Crippen LogP contribution in [-0.4, -0.2) is 9.59 Å². The Hall–Kier alpha value is -2.70. The molecule has 7 heteroatoms. The maximum absolute atomic E-state index is 12.9. The average Bonchev–Trinajstić information content (AvgIpc) is 3.05. The molecule has 0 saturated carbocycles. The van der Waals surface area contributed by atoms with Gasteiger partial charge >= 0.3 is 0 Å². The summed E-state index contributed by atoms with van der Waals surface area (Å²) in [4.78, 5) is 12.9. The van der Waals surface area contributed by atoms with Gasteiger partial charge in [-0.05, 0) is 24.6 Å². The molecule has 0 atom stereocenters. The fraction of sp³-hybridized carbons (Fsp3) is 0.105. The van der Waals surface area contributed by atoms with Crippen LogP contribution < -0.4 is 10.2 Å². The lowest BCUT2D eigenvalue weighted by molar-refractivity contribution is 0.301. The molecule has 4 rings (SSSR count). The Morgan fingerprint density at radius 3 is 2.73 bits per heavy atom. The van der Waals surface area contributed by atoms with Crippen LogP contribution in [0.2, 0.25) is 4.34 Å². The summed E-state index contributed by atoms with van der Waals surface area (Å²) in [5, 5.41) is 4.41. The van der Waals surface area contributed by atoms with E-state index in [4.69, 9.17) is 20.8 Å². The molecule has 0 bridgehead atoms. The SMILES string of the molecule is Cc1oc2cc(OCc3nnsc3Cl)ccc2c(=O)c1-c1ccccc1. The number of aryl methyl sites for hydroxylation is 1. The number of halogens is 1. The predicted molar refractivity (Wildman–Crippen MR) is 102 cm³/mol. The molecule has 2 heterocycles. The molecule has 5 nitrogen and oxygen atoms in total. The third kappa shape index (κ3) is 3.09. The fourth-order valence-electron chi connectivity index (χ4n) is 2.75. The van der Waals surface area contributed by atoms with Gasteiger partial charge in [0.15, 0.2) is 0 Å². The number of aromatic nitrogens is 2. The lowest BCUT2D eigenvalue weighted by Crippen LogP contribution is -2.07. The van der Waals surface area contributed by atoms with Gasteiger partial charge in [0.2, 0.25) is 5.43 Å². The molecule has 0 unspecified atom stereocenters. The molecule has 130 valence electrons. The normalized spacial score (nSPS) is 11.0. The van der Waals surface area contributed by atoms with Crippen LogP contribution >= 0.6 is 23.1 Å². The second-order valence-electron chi connectivity index (χ2n) is 5.67. The van der Waals surface area contributed by atoms with E-state index in [1.54, 1.807) is 25.1 Å². The third-order valence-corrected chi connectivity index (χ3v) is 4.97. The van der Waals surface area contributed by atoms with Gasteiger partial charge in [-0.1, -0.05) is 46.4 Å². The highest BCUT2D eigenvalue weighted by Crippen LogP contribution is 2.27. The van der Waals surface area contributed by atoms with Gasteiger partial charge < -0.3 is 9.15 Å². The Labute approximate surface area is 158 Å². The summed E-state index contributed by atoms with van der Waals surface area (Å²) in [7, 11) is 0. The van der Waals surface area contributed by atoms with Crippen molar-refractivity contribution >= 4 is 34.1 Å². The molecule has 0 amide bonds. The number of benzene rings is 2. The van der Waals surface area contributed by atoms with Crippen molar-refractivity contribution in [1.29, 1.82) is 0 Å². The molecule has 0 fully saturated rings. The van der Waals surface area contributed by atoms with Gasteiger partial charge in [0.05, 0.1) is 10.9 Å². The van der Waals surface area contributed by atoms with E-state index in [-0.39, 0.29) is 12.0 Å². The number of hydrogen-bond donors (Lipinski definition) is 0. The van der Waals surface area contributed by atoms with Crippen LogP contribution in [0.25, 0.3) is 22.1 Å². The number of rotatable bonds is 4. The Balaban J connectivity index is 1.71. The van der Waals surface area contributed by atoms with E-state index in [1.165, 1.54) is 0 Å². The molecule has 0 aliphatic carbocycles. The molecule has 0 aliphatic rings. The summed E-state index contributed by atoms with van der Waals surface area (Å²) < 4.78 is 15.9. The Morgan fingerprint density at radius 1 is 1.19 bits per heavy atom. The monoisotopic (exact) mass is 384 g/mol. The molecule has 2 aromatic heterocycles. The van der Waals surface area contributed by atoms with Crippen LogP contribution in [0, 0.1) is 6.92 Å². The molecular weight excluding hydrogens is 372 g/mol.